The lowest BCUT2D eigenvalue weighted by molar-refractivity contribution is 0.471. The van der Waals surface area contributed by atoms with Crippen molar-refractivity contribution >= 4 is 23.4 Å². The normalized spacial score (nSPS) is 10.4. The van der Waals surface area contributed by atoms with Crippen molar-refractivity contribution in [2.75, 3.05) is 6.26 Å². The maximum Gasteiger partial charge on any atom is 0.140 e. The fraction of sp³-hybridized carbons (Fsp3) is 0.143. The van der Waals surface area contributed by atoms with Crippen molar-refractivity contribution in [2.24, 2.45) is 5.73 Å². The van der Waals surface area contributed by atoms with Crippen LogP contribution in [-0.2, 0) is 6.54 Å². The first-order valence-corrected chi connectivity index (χ1v) is 7.14. The Bertz CT molecular complexity index is 545. The van der Waals surface area contributed by atoms with Gasteiger partial charge in [-0.25, -0.2) is 0 Å². The Hall–Kier alpha value is -1.16. The van der Waals surface area contributed by atoms with Crippen LogP contribution < -0.4 is 10.5 Å². The van der Waals surface area contributed by atoms with Gasteiger partial charge in [-0.15, -0.1) is 11.8 Å². The summed E-state index contributed by atoms with van der Waals surface area (Å²) in [5, 5.41) is 0.636. The van der Waals surface area contributed by atoms with Crippen LogP contribution in [0.25, 0.3) is 0 Å². The maximum atomic E-state index is 6.10. The zero-order chi connectivity index (χ0) is 13.0. The van der Waals surface area contributed by atoms with Crippen LogP contribution >= 0.6 is 23.4 Å². The van der Waals surface area contributed by atoms with Crippen LogP contribution in [0, 0.1) is 0 Å². The quantitative estimate of drug-likeness (QED) is 0.847. The van der Waals surface area contributed by atoms with Gasteiger partial charge in [0.1, 0.15) is 11.5 Å². The summed E-state index contributed by atoms with van der Waals surface area (Å²) >= 11 is 7.75. The zero-order valence-corrected chi connectivity index (χ0v) is 11.6. The number of benzene rings is 2. The lowest BCUT2D eigenvalue weighted by atomic mass is 10.2. The number of halogens is 1. The molecule has 0 amide bonds. The van der Waals surface area contributed by atoms with Gasteiger partial charge in [0.25, 0.3) is 0 Å². The molecule has 0 bridgehead atoms. The molecular formula is C14H14ClNOS. The maximum absolute atomic E-state index is 6.10. The third kappa shape index (κ3) is 2.99. The Morgan fingerprint density at radius 2 is 2.00 bits per heavy atom. The third-order valence-electron chi connectivity index (χ3n) is 2.54. The van der Waals surface area contributed by atoms with Gasteiger partial charge in [0.15, 0.2) is 0 Å². The first-order chi connectivity index (χ1) is 8.74. The molecule has 0 aliphatic rings. The van der Waals surface area contributed by atoms with Crippen LogP contribution in [0.5, 0.6) is 11.5 Å². The van der Waals surface area contributed by atoms with Crippen LogP contribution in [0.15, 0.2) is 47.4 Å². The summed E-state index contributed by atoms with van der Waals surface area (Å²) in [4.78, 5) is 1.09. The predicted molar refractivity (Wildman–Crippen MR) is 77.6 cm³/mol. The van der Waals surface area contributed by atoms with E-state index in [2.05, 4.69) is 0 Å². The van der Waals surface area contributed by atoms with E-state index in [1.54, 1.807) is 17.8 Å². The van der Waals surface area contributed by atoms with Crippen molar-refractivity contribution in [3.8, 4) is 11.5 Å². The lowest BCUT2D eigenvalue weighted by Crippen LogP contribution is -1.97. The number of hydrogen-bond acceptors (Lipinski definition) is 3. The molecule has 0 aliphatic heterocycles. The molecule has 0 fully saturated rings. The van der Waals surface area contributed by atoms with Gasteiger partial charge in [0.2, 0.25) is 0 Å². The van der Waals surface area contributed by atoms with Crippen LogP contribution in [-0.4, -0.2) is 6.26 Å². The number of hydrogen-bond donors (Lipinski definition) is 1. The van der Waals surface area contributed by atoms with Crippen LogP contribution in [0.1, 0.15) is 5.56 Å². The van der Waals surface area contributed by atoms with E-state index >= 15 is 0 Å². The molecule has 0 spiro atoms. The largest absolute Gasteiger partial charge is 0.456 e. The van der Waals surface area contributed by atoms with E-state index in [0.717, 1.165) is 22.0 Å². The Morgan fingerprint density at radius 1 is 1.22 bits per heavy atom. The standard InChI is InChI=1S/C14H14ClNOS/c1-18-14-5-3-2-4-13(14)17-11-7-6-10(9-16)12(15)8-11/h2-8H,9,16H2,1H3. The molecule has 4 heteroatoms. The molecule has 2 rings (SSSR count). The van der Waals surface area contributed by atoms with E-state index in [9.17, 15) is 0 Å². The fourth-order valence-electron chi connectivity index (χ4n) is 1.59. The van der Waals surface area contributed by atoms with E-state index < -0.39 is 0 Å². The Labute approximate surface area is 116 Å². The van der Waals surface area contributed by atoms with E-state index in [4.69, 9.17) is 22.1 Å². The van der Waals surface area contributed by atoms with Crippen molar-refractivity contribution in [3.63, 3.8) is 0 Å². The van der Waals surface area contributed by atoms with Gasteiger partial charge < -0.3 is 10.5 Å². The fourth-order valence-corrected chi connectivity index (χ4v) is 2.36. The smallest absolute Gasteiger partial charge is 0.140 e. The van der Waals surface area contributed by atoms with E-state index in [0.29, 0.717) is 11.6 Å². The molecule has 0 heterocycles. The second-order valence-electron chi connectivity index (χ2n) is 3.71. The summed E-state index contributed by atoms with van der Waals surface area (Å²) < 4.78 is 5.83. The number of ether oxygens (including phenoxy) is 1. The van der Waals surface area contributed by atoms with Crippen molar-refractivity contribution in [1.82, 2.24) is 0 Å². The highest BCUT2D eigenvalue weighted by atomic mass is 35.5. The Morgan fingerprint density at radius 3 is 2.67 bits per heavy atom. The summed E-state index contributed by atoms with van der Waals surface area (Å²) in [5.74, 6) is 1.56. The highest BCUT2D eigenvalue weighted by Gasteiger charge is 2.05. The topological polar surface area (TPSA) is 35.2 Å². The Kier molecular flexibility index (Phi) is 4.53. The minimum Gasteiger partial charge on any atom is -0.456 e. The molecule has 0 saturated heterocycles. The van der Waals surface area contributed by atoms with Gasteiger partial charge in [-0.05, 0) is 36.1 Å². The first-order valence-electron chi connectivity index (χ1n) is 5.54. The minimum atomic E-state index is 0.431. The van der Waals surface area contributed by atoms with Crippen LogP contribution in [0.3, 0.4) is 0 Å². The molecule has 18 heavy (non-hydrogen) atoms. The van der Waals surface area contributed by atoms with Crippen molar-refractivity contribution in [1.29, 1.82) is 0 Å². The molecule has 2 aromatic carbocycles. The molecule has 0 aromatic heterocycles. The number of nitrogens with two attached hydrogens (primary N) is 1. The second-order valence-corrected chi connectivity index (χ2v) is 4.97. The predicted octanol–water partition coefficient (Wildman–Crippen LogP) is 4.31. The van der Waals surface area contributed by atoms with Crippen LogP contribution in [0.2, 0.25) is 5.02 Å². The first kappa shape index (κ1) is 13.3. The third-order valence-corrected chi connectivity index (χ3v) is 3.67. The van der Waals surface area contributed by atoms with Gasteiger partial charge >= 0.3 is 0 Å². The SMILES string of the molecule is CSc1ccccc1Oc1ccc(CN)c(Cl)c1. The van der Waals surface area contributed by atoms with E-state index in [1.165, 1.54) is 0 Å². The van der Waals surface area contributed by atoms with Gasteiger partial charge in [-0.3, -0.25) is 0 Å². The van der Waals surface area contributed by atoms with Gasteiger partial charge in [0.05, 0.1) is 0 Å². The van der Waals surface area contributed by atoms with Crippen LogP contribution in [0.4, 0.5) is 0 Å². The van der Waals surface area contributed by atoms with Gasteiger partial charge in [-0.1, -0.05) is 29.8 Å². The summed E-state index contributed by atoms with van der Waals surface area (Å²) in [7, 11) is 0. The molecule has 2 nitrogen and oxygen atoms in total. The summed E-state index contributed by atoms with van der Waals surface area (Å²) in [6, 6.07) is 13.5. The van der Waals surface area contributed by atoms with Gasteiger partial charge in [0, 0.05) is 16.5 Å². The summed E-state index contributed by atoms with van der Waals surface area (Å²) in [6.45, 7) is 0.431. The molecular weight excluding hydrogens is 266 g/mol. The monoisotopic (exact) mass is 279 g/mol. The van der Waals surface area contributed by atoms with Crippen molar-refractivity contribution in [3.05, 3.63) is 53.1 Å². The van der Waals surface area contributed by atoms with E-state index in [1.807, 2.05) is 42.7 Å². The molecule has 0 unspecified atom stereocenters. The van der Waals surface area contributed by atoms with Gasteiger partial charge in [-0.2, -0.15) is 0 Å². The molecule has 2 N–H and O–H groups in total. The molecule has 0 aliphatic carbocycles. The lowest BCUT2D eigenvalue weighted by Gasteiger charge is -2.10. The second kappa shape index (κ2) is 6.14. The summed E-state index contributed by atoms with van der Waals surface area (Å²) in [5.41, 5.74) is 6.49. The average Bonchev–Trinajstić information content (AvgIpc) is 2.39. The summed E-state index contributed by atoms with van der Waals surface area (Å²) in [6.07, 6.45) is 2.02. The molecule has 0 radical (unpaired) electrons. The van der Waals surface area contributed by atoms with E-state index in [-0.39, 0.29) is 0 Å². The molecule has 0 atom stereocenters. The number of thioether (sulfide) groups is 1. The highest BCUT2D eigenvalue weighted by molar-refractivity contribution is 7.98. The molecule has 0 saturated carbocycles. The Balaban J connectivity index is 2.26. The molecule has 94 valence electrons. The molecule has 2 aromatic rings. The zero-order valence-electron chi connectivity index (χ0n) is 10.0. The number of para-hydroxylation sites is 1. The minimum absolute atomic E-state index is 0.431. The highest BCUT2D eigenvalue weighted by Crippen LogP contribution is 2.32. The average molecular weight is 280 g/mol. The van der Waals surface area contributed by atoms with Crippen molar-refractivity contribution < 1.29 is 4.74 Å². The number of rotatable bonds is 4. The van der Waals surface area contributed by atoms with Crippen molar-refractivity contribution in [2.45, 2.75) is 11.4 Å².